The maximum Gasteiger partial charge on any atom is 0.224 e. The van der Waals surface area contributed by atoms with E-state index in [2.05, 4.69) is 26.7 Å². The van der Waals surface area contributed by atoms with Crippen LogP contribution in [0.15, 0.2) is 54.6 Å². The Morgan fingerprint density at radius 1 is 0.893 bits per heavy atom. The van der Waals surface area contributed by atoms with Crippen molar-refractivity contribution < 1.29 is 9.47 Å². The number of benzene rings is 2. The van der Waals surface area contributed by atoms with Gasteiger partial charge in [0.05, 0.1) is 14.2 Å². The first-order valence-corrected chi connectivity index (χ1v) is 9.26. The third-order valence-electron chi connectivity index (χ3n) is 4.34. The van der Waals surface area contributed by atoms with Crippen LogP contribution in [0.4, 0.5) is 11.8 Å². The lowest BCUT2D eigenvalue weighted by Gasteiger charge is -2.12. The highest BCUT2D eigenvalue weighted by atomic mass is 16.5. The molecule has 0 saturated carbocycles. The Morgan fingerprint density at radius 2 is 1.75 bits per heavy atom. The van der Waals surface area contributed by atoms with Gasteiger partial charge >= 0.3 is 0 Å². The van der Waals surface area contributed by atoms with E-state index in [1.807, 2.05) is 55.5 Å². The summed E-state index contributed by atoms with van der Waals surface area (Å²) in [4.78, 5) is 9.05. The molecule has 146 valence electrons. The van der Waals surface area contributed by atoms with Gasteiger partial charge in [0.15, 0.2) is 0 Å². The topological polar surface area (TPSA) is 68.3 Å². The number of aryl methyl sites for hydroxylation is 1. The van der Waals surface area contributed by atoms with Crippen molar-refractivity contribution in [2.75, 3.05) is 31.4 Å². The zero-order chi connectivity index (χ0) is 19.8. The van der Waals surface area contributed by atoms with Gasteiger partial charge in [0.2, 0.25) is 5.95 Å². The number of para-hydroxylation sites is 1. The molecule has 28 heavy (non-hydrogen) atoms. The van der Waals surface area contributed by atoms with E-state index in [0.29, 0.717) is 12.5 Å². The highest BCUT2D eigenvalue weighted by Gasteiger charge is 2.05. The summed E-state index contributed by atoms with van der Waals surface area (Å²) in [6, 6.07) is 17.9. The number of hydrogen-bond acceptors (Lipinski definition) is 6. The predicted molar refractivity (Wildman–Crippen MR) is 112 cm³/mol. The van der Waals surface area contributed by atoms with Crippen LogP contribution in [-0.4, -0.2) is 30.7 Å². The Hall–Kier alpha value is -3.28. The number of nitrogens with one attached hydrogen (secondary N) is 2. The number of ether oxygens (including phenoxy) is 2. The van der Waals surface area contributed by atoms with Crippen LogP contribution in [0.1, 0.15) is 16.8 Å². The Kier molecular flexibility index (Phi) is 6.68. The normalized spacial score (nSPS) is 10.4. The average Bonchev–Trinajstić information content (AvgIpc) is 2.72. The molecule has 0 fully saturated rings. The van der Waals surface area contributed by atoms with Crippen LogP contribution in [-0.2, 0) is 13.0 Å². The van der Waals surface area contributed by atoms with Crippen LogP contribution >= 0.6 is 0 Å². The molecule has 6 heteroatoms. The molecule has 1 heterocycles. The van der Waals surface area contributed by atoms with Crippen molar-refractivity contribution in [2.45, 2.75) is 19.9 Å². The highest BCUT2D eigenvalue weighted by Crippen LogP contribution is 2.19. The molecule has 0 aliphatic heterocycles. The lowest BCUT2D eigenvalue weighted by atomic mass is 10.1. The lowest BCUT2D eigenvalue weighted by Crippen LogP contribution is -2.11. The summed E-state index contributed by atoms with van der Waals surface area (Å²) in [5.41, 5.74) is 3.18. The molecule has 3 rings (SSSR count). The summed E-state index contributed by atoms with van der Waals surface area (Å²) in [6.07, 6.45) is 0.860. The van der Waals surface area contributed by atoms with E-state index in [4.69, 9.17) is 9.47 Å². The van der Waals surface area contributed by atoms with Gasteiger partial charge in [-0.25, -0.2) is 4.98 Å². The first-order chi connectivity index (χ1) is 13.7. The zero-order valence-electron chi connectivity index (χ0n) is 16.5. The van der Waals surface area contributed by atoms with Gasteiger partial charge in [-0.1, -0.05) is 30.3 Å². The van der Waals surface area contributed by atoms with Crippen molar-refractivity contribution in [1.82, 2.24) is 9.97 Å². The summed E-state index contributed by atoms with van der Waals surface area (Å²) in [7, 11) is 3.36. The number of hydrogen-bond donors (Lipinski definition) is 2. The molecular weight excluding hydrogens is 352 g/mol. The van der Waals surface area contributed by atoms with Gasteiger partial charge in [-0.2, -0.15) is 4.98 Å². The van der Waals surface area contributed by atoms with E-state index >= 15 is 0 Å². The molecule has 6 nitrogen and oxygen atoms in total. The van der Waals surface area contributed by atoms with Gasteiger partial charge in [0, 0.05) is 30.4 Å². The van der Waals surface area contributed by atoms with Gasteiger partial charge in [-0.15, -0.1) is 0 Å². The molecular formula is C22H26N4O2. The fourth-order valence-corrected chi connectivity index (χ4v) is 2.92. The van der Waals surface area contributed by atoms with Crippen LogP contribution in [0.5, 0.6) is 11.5 Å². The van der Waals surface area contributed by atoms with E-state index in [9.17, 15) is 0 Å². The minimum absolute atomic E-state index is 0.616. The van der Waals surface area contributed by atoms with Gasteiger partial charge in [0.1, 0.15) is 17.3 Å². The lowest BCUT2D eigenvalue weighted by molar-refractivity contribution is 0.410. The average molecular weight is 378 g/mol. The largest absolute Gasteiger partial charge is 0.497 e. The molecule has 3 aromatic rings. The third-order valence-corrected chi connectivity index (χ3v) is 4.34. The smallest absolute Gasteiger partial charge is 0.224 e. The first-order valence-electron chi connectivity index (χ1n) is 9.26. The van der Waals surface area contributed by atoms with Crippen molar-refractivity contribution in [3.05, 3.63) is 71.4 Å². The second-order valence-electron chi connectivity index (χ2n) is 6.41. The SMILES string of the molecule is COc1cccc(CCNc2nc(C)cc(NCc3ccccc3OC)n2)c1. The maximum absolute atomic E-state index is 5.40. The van der Waals surface area contributed by atoms with Crippen molar-refractivity contribution in [2.24, 2.45) is 0 Å². The molecule has 0 spiro atoms. The van der Waals surface area contributed by atoms with Gasteiger partial charge < -0.3 is 20.1 Å². The summed E-state index contributed by atoms with van der Waals surface area (Å²) in [5.74, 6) is 3.12. The summed E-state index contributed by atoms with van der Waals surface area (Å²) in [5, 5.41) is 6.66. The Balaban J connectivity index is 1.59. The predicted octanol–water partition coefficient (Wildman–Crippen LogP) is 4.07. The molecule has 0 aliphatic carbocycles. The monoisotopic (exact) mass is 378 g/mol. The standard InChI is InChI=1S/C22H26N4O2/c1-16-13-21(24-15-18-8-4-5-10-20(18)28-3)26-22(25-16)23-12-11-17-7-6-9-19(14-17)27-2/h4-10,13-14H,11-12,15H2,1-3H3,(H2,23,24,25,26). The van der Waals surface area contributed by atoms with E-state index in [-0.39, 0.29) is 0 Å². The van der Waals surface area contributed by atoms with Crippen LogP contribution in [0, 0.1) is 6.92 Å². The molecule has 2 N–H and O–H groups in total. The number of aromatic nitrogens is 2. The second-order valence-corrected chi connectivity index (χ2v) is 6.41. The molecule has 0 saturated heterocycles. The van der Waals surface area contributed by atoms with E-state index in [0.717, 1.165) is 41.5 Å². The molecule has 0 aliphatic rings. The van der Waals surface area contributed by atoms with Crippen LogP contribution < -0.4 is 20.1 Å². The van der Waals surface area contributed by atoms with Crippen molar-refractivity contribution in [1.29, 1.82) is 0 Å². The number of rotatable bonds is 9. The molecule has 0 radical (unpaired) electrons. The van der Waals surface area contributed by atoms with Gasteiger partial charge in [-0.05, 0) is 37.1 Å². The third kappa shape index (κ3) is 5.36. The summed E-state index contributed by atoms with van der Waals surface area (Å²) >= 11 is 0. The van der Waals surface area contributed by atoms with Gasteiger partial charge in [0.25, 0.3) is 0 Å². The number of anilines is 2. The van der Waals surface area contributed by atoms with Crippen LogP contribution in [0.3, 0.4) is 0 Å². The Morgan fingerprint density at radius 3 is 2.57 bits per heavy atom. The molecule has 1 aromatic heterocycles. The van der Waals surface area contributed by atoms with E-state index in [1.165, 1.54) is 5.56 Å². The fraction of sp³-hybridized carbons (Fsp3) is 0.273. The van der Waals surface area contributed by atoms with Crippen molar-refractivity contribution in [3.63, 3.8) is 0 Å². The van der Waals surface area contributed by atoms with Crippen molar-refractivity contribution in [3.8, 4) is 11.5 Å². The van der Waals surface area contributed by atoms with Gasteiger partial charge in [-0.3, -0.25) is 0 Å². The Bertz CT molecular complexity index is 915. The minimum Gasteiger partial charge on any atom is -0.497 e. The fourth-order valence-electron chi connectivity index (χ4n) is 2.92. The Labute approximate surface area is 166 Å². The number of nitrogens with zero attached hydrogens (tertiary/aromatic N) is 2. The summed E-state index contributed by atoms with van der Waals surface area (Å²) < 4.78 is 10.7. The molecule has 0 amide bonds. The van der Waals surface area contributed by atoms with Crippen LogP contribution in [0.25, 0.3) is 0 Å². The van der Waals surface area contributed by atoms with Crippen molar-refractivity contribution >= 4 is 11.8 Å². The van der Waals surface area contributed by atoms with E-state index < -0.39 is 0 Å². The minimum atomic E-state index is 0.616. The molecule has 2 aromatic carbocycles. The van der Waals surface area contributed by atoms with E-state index in [1.54, 1.807) is 14.2 Å². The quantitative estimate of drug-likeness (QED) is 0.585. The molecule has 0 atom stereocenters. The molecule has 0 unspecified atom stereocenters. The second kappa shape index (κ2) is 9.60. The first kappa shape index (κ1) is 19.5. The highest BCUT2D eigenvalue weighted by molar-refractivity contribution is 5.44. The van der Waals surface area contributed by atoms with Crippen LogP contribution in [0.2, 0.25) is 0 Å². The summed E-state index contributed by atoms with van der Waals surface area (Å²) in [6.45, 7) is 3.33. The number of methoxy groups -OCH3 is 2. The molecule has 0 bridgehead atoms. The maximum atomic E-state index is 5.40. The zero-order valence-corrected chi connectivity index (χ0v) is 16.5.